The van der Waals surface area contributed by atoms with E-state index in [0.29, 0.717) is 11.8 Å². The fourth-order valence-electron chi connectivity index (χ4n) is 1.85. The number of hydrogen-bond acceptors (Lipinski definition) is 4. The van der Waals surface area contributed by atoms with Gasteiger partial charge in [-0.05, 0) is 25.1 Å². The van der Waals surface area contributed by atoms with E-state index in [2.05, 4.69) is 5.32 Å². The fourth-order valence-corrected chi connectivity index (χ4v) is 1.85. The van der Waals surface area contributed by atoms with E-state index in [4.69, 9.17) is 4.42 Å². The summed E-state index contributed by atoms with van der Waals surface area (Å²) in [5.74, 6) is 0.460. The summed E-state index contributed by atoms with van der Waals surface area (Å²) >= 11 is 0. The standard InChI is InChI=1S/C13H11F3N2O3/c1-8(12-3-2-6-21-12)17-11-5-4-9(18(19)20)7-10(11)13(14,15)16/h2-8,17H,1H3. The van der Waals surface area contributed by atoms with E-state index in [1.54, 1.807) is 19.1 Å². The first-order chi connectivity index (χ1) is 9.79. The molecule has 0 saturated carbocycles. The van der Waals surface area contributed by atoms with Gasteiger partial charge in [-0.25, -0.2) is 0 Å². The highest BCUT2D eigenvalue weighted by Gasteiger charge is 2.35. The van der Waals surface area contributed by atoms with Crippen molar-refractivity contribution in [3.05, 3.63) is 58.0 Å². The van der Waals surface area contributed by atoms with Crippen molar-refractivity contribution >= 4 is 11.4 Å². The quantitative estimate of drug-likeness (QED) is 0.672. The molecule has 0 bridgehead atoms. The Balaban J connectivity index is 2.36. The molecule has 1 aromatic heterocycles. The Bertz CT molecular complexity index is 639. The Kier molecular flexibility index (Phi) is 3.88. The van der Waals surface area contributed by atoms with Gasteiger partial charge in [0.15, 0.2) is 0 Å². The van der Waals surface area contributed by atoms with Crippen LogP contribution >= 0.6 is 0 Å². The number of alkyl halides is 3. The molecule has 8 heteroatoms. The maximum Gasteiger partial charge on any atom is 0.418 e. The lowest BCUT2D eigenvalue weighted by molar-refractivity contribution is -0.385. The highest BCUT2D eigenvalue weighted by molar-refractivity contribution is 5.58. The van der Waals surface area contributed by atoms with Crippen LogP contribution < -0.4 is 5.32 Å². The summed E-state index contributed by atoms with van der Waals surface area (Å²) in [5.41, 5.74) is -1.94. The van der Waals surface area contributed by atoms with Crippen LogP contribution in [0.5, 0.6) is 0 Å². The van der Waals surface area contributed by atoms with Crippen LogP contribution in [0.2, 0.25) is 0 Å². The highest BCUT2D eigenvalue weighted by atomic mass is 19.4. The molecule has 0 spiro atoms. The van der Waals surface area contributed by atoms with Gasteiger partial charge in [0.05, 0.1) is 22.8 Å². The summed E-state index contributed by atoms with van der Waals surface area (Å²) in [6, 6.07) is 5.30. The minimum atomic E-state index is -4.70. The molecule has 1 aromatic carbocycles. The molecule has 2 rings (SSSR count). The number of non-ortho nitro benzene ring substituents is 1. The Morgan fingerprint density at radius 2 is 2.05 bits per heavy atom. The maximum atomic E-state index is 13.0. The van der Waals surface area contributed by atoms with Crippen molar-refractivity contribution < 1.29 is 22.5 Å². The van der Waals surface area contributed by atoms with Crippen LogP contribution in [0.4, 0.5) is 24.5 Å². The predicted molar refractivity (Wildman–Crippen MR) is 68.8 cm³/mol. The predicted octanol–water partition coefficient (Wildman–Crippen LogP) is 4.38. The second-order valence-corrected chi connectivity index (χ2v) is 4.37. The van der Waals surface area contributed by atoms with Crippen molar-refractivity contribution in [3.8, 4) is 0 Å². The van der Waals surface area contributed by atoms with Crippen molar-refractivity contribution in [2.24, 2.45) is 0 Å². The number of nitro groups is 1. The highest BCUT2D eigenvalue weighted by Crippen LogP contribution is 2.38. The zero-order chi connectivity index (χ0) is 15.6. The topological polar surface area (TPSA) is 68.3 Å². The molecule has 1 unspecified atom stereocenters. The van der Waals surface area contributed by atoms with E-state index >= 15 is 0 Å². The first-order valence-corrected chi connectivity index (χ1v) is 5.94. The molecule has 0 aliphatic carbocycles. The SMILES string of the molecule is CC(Nc1ccc([N+](=O)[O-])cc1C(F)(F)F)c1ccco1. The van der Waals surface area contributed by atoms with Gasteiger partial charge in [0.1, 0.15) is 5.76 Å². The fraction of sp³-hybridized carbons (Fsp3) is 0.231. The van der Waals surface area contributed by atoms with Gasteiger partial charge >= 0.3 is 6.18 Å². The zero-order valence-corrected chi connectivity index (χ0v) is 10.8. The molecule has 0 aliphatic heterocycles. The zero-order valence-electron chi connectivity index (χ0n) is 10.8. The normalized spacial score (nSPS) is 13.0. The van der Waals surface area contributed by atoms with Crippen molar-refractivity contribution in [1.29, 1.82) is 0 Å². The Labute approximate surface area is 117 Å². The van der Waals surface area contributed by atoms with Gasteiger partial charge in [-0.1, -0.05) is 0 Å². The molecule has 5 nitrogen and oxygen atoms in total. The molecule has 1 N–H and O–H groups in total. The minimum absolute atomic E-state index is 0.239. The molecule has 1 atom stereocenters. The summed E-state index contributed by atoms with van der Waals surface area (Å²) in [5, 5.41) is 13.3. The van der Waals surface area contributed by atoms with Gasteiger partial charge in [-0.3, -0.25) is 10.1 Å². The average molecular weight is 300 g/mol. The number of nitrogens with zero attached hydrogens (tertiary/aromatic N) is 1. The molecule has 0 amide bonds. The van der Waals surface area contributed by atoms with Crippen LogP contribution in [0.15, 0.2) is 41.0 Å². The van der Waals surface area contributed by atoms with Crippen LogP contribution in [-0.4, -0.2) is 4.92 Å². The van der Waals surface area contributed by atoms with Gasteiger partial charge in [0.2, 0.25) is 0 Å². The van der Waals surface area contributed by atoms with Crippen molar-refractivity contribution in [3.63, 3.8) is 0 Å². The minimum Gasteiger partial charge on any atom is -0.467 e. The van der Waals surface area contributed by atoms with Gasteiger partial charge in [-0.15, -0.1) is 0 Å². The largest absolute Gasteiger partial charge is 0.467 e. The first kappa shape index (κ1) is 14.9. The third kappa shape index (κ3) is 3.33. The third-order valence-corrected chi connectivity index (χ3v) is 2.86. The lowest BCUT2D eigenvalue weighted by atomic mass is 10.1. The summed E-state index contributed by atoms with van der Waals surface area (Å²) in [4.78, 5) is 9.74. The van der Waals surface area contributed by atoms with Crippen molar-refractivity contribution in [1.82, 2.24) is 0 Å². The molecule has 112 valence electrons. The third-order valence-electron chi connectivity index (χ3n) is 2.86. The van der Waals surface area contributed by atoms with E-state index in [1.807, 2.05) is 0 Å². The number of nitrogens with one attached hydrogen (secondary N) is 1. The second kappa shape index (κ2) is 5.47. The summed E-state index contributed by atoms with van der Waals surface area (Å²) in [6.07, 6.45) is -3.29. The van der Waals surface area contributed by atoms with E-state index in [9.17, 15) is 23.3 Å². The average Bonchev–Trinajstić information content (AvgIpc) is 2.91. The van der Waals surface area contributed by atoms with Crippen molar-refractivity contribution in [2.75, 3.05) is 5.32 Å². The molecular formula is C13H11F3N2O3. The lowest BCUT2D eigenvalue weighted by Crippen LogP contribution is -2.13. The van der Waals surface area contributed by atoms with Gasteiger partial charge in [-0.2, -0.15) is 13.2 Å². The van der Waals surface area contributed by atoms with E-state index in [1.165, 1.54) is 6.26 Å². The van der Waals surface area contributed by atoms with Crippen LogP contribution in [0.3, 0.4) is 0 Å². The Hall–Kier alpha value is -2.51. The molecule has 0 fully saturated rings. The van der Waals surface area contributed by atoms with E-state index in [-0.39, 0.29) is 5.69 Å². The maximum absolute atomic E-state index is 13.0. The smallest absolute Gasteiger partial charge is 0.418 e. The lowest BCUT2D eigenvalue weighted by Gasteiger charge is -2.17. The van der Waals surface area contributed by atoms with Crippen LogP contribution in [0.25, 0.3) is 0 Å². The summed E-state index contributed by atoms with van der Waals surface area (Å²) in [7, 11) is 0. The first-order valence-electron chi connectivity index (χ1n) is 5.94. The molecule has 2 aromatic rings. The van der Waals surface area contributed by atoms with E-state index < -0.39 is 28.4 Å². The number of furan rings is 1. The number of hydrogen-bond donors (Lipinski definition) is 1. The van der Waals surface area contributed by atoms with Crippen LogP contribution in [0, 0.1) is 10.1 Å². The number of anilines is 1. The number of benzene rings is 1. The number of halogens is 3. The van der Waals surface area contributed by atoms with Gasteiger partial charge < -0.3 is 9.73 Å². The summed E-state index contributed by atoms with van der Waals surface area (Å²) in [6.45, 7) is 1.63. The van der Waals surface area contributed by atoms with E-state index in [0.717, 1.165) is 12.1 Å². The molecule has 21 heavy (non-hydrogen) atoms. The van der Waals surface area contributed by atoms with Crippen LogP contribution in [-0.2, 0) is 6.18 Å². The molecule has 0 radical (unpaired) electrons. The van der Waals surface area contributed by atoms with Gasteiger partial charge in [0, 0.05) is 17.8 Å². The van der Waals surface area contributed by atoms with Crippen LogP contribution in [0.1, 0.15) is 24.3 Å². The number of rotatable bonds is 4. The number of nitro benzene ring substituents is 1. The van der Waals surface area contributed by atoms with Gasteiger partial charge in [0.25, 0.3) is 5.69 Å². The molecular weight excluding hydrogens is 289 g/mol. The molecule has 0 aliphatic rings. The Morgan fingerprint density at radius 1 is 1.33 bits per heavy atom. The van der Waals surface area contributed by atoms with Crippen molar-refractivity contribution in [2.45, 2.75) is 19.1 Å². The molecule has 0 saturated heterocycles. The monoisotopic (exact) mass is 300 g/mol. The summed E-state index contributed by atoms with van der Waals surface area (Å²) < 4.78 is 44.1. The Morgan fingerprint density at radius 3 is 2.57 bits per heavy atom. The molecule has 1 heterocycles. The second-order valence-electron chi connectivity index (χ2n) is 4.37.